The summed E-state index contributed by atoms with van der Waals surface area (Å²) in [5, 5.41) is 4.12. The number of halogens is 1. The Morgan fingerprint density at radius 1 is 1.44 bits per heavy atom. The molecule has 1 N–H and O–H groups in total. The molecule has 0 spiro atoms. The van der Waals surface area contributed by atoms with Gasteiger partial charge in [-0.05, 0) is 49.9 Å². The number of benzene rings is 1. The standard InChI is InChI=1S/C13H18ClNO/c1-10-2-5-12(14)8-13(10)16-7-6-15-9-11-3-4-11/h2,5,8,11,15H,3-4,6-7,9H2,1H3. The first-order valence-corrected chi connectivity index (χ1v) is 6.23. The molecule has 1 aliphatic carbocycles. The van der Waals surface area contributed by atoms with Crippen molar-refractivity contribution in [3.8, 4) is 5.75 Å². The van der Waals surface area contributed by atoms with Crippen LogP contribution in [-0.4, -0.2) is 19.7 Å². The van der Waals surface area contributed by atoms with E-state index in [1.165, 1.54) is 12.8 Å². The molecule has 16 heavy (non-hydrogen) atoms. The average molecular weight is 240 g/mol. The van der Waals surface area contributed by atoms with Crippen LogP contribution in [0.2, 0.25) is 5.02 Å². The van der Waals surface area contributed by atoms with Crippen molar-refractivity contribution in [2.24, 2.45) is 5.92 Å². The van der Waals surface area contributed by atoms with Crippen LogP contribution in [-0.2, 0) is 0 Å². The molecule has 1 saturated carbocycles. The average Bonchev–Trinajstić information content (AvgIpc) is 3.06. The van der Waals surface area contributed by atoms with Gasteiger partial charge in [0.15, 0.2) is 0 Å². The van der Waals surface area contributed by atoms with Crippen LogP contribution in [0.5, 0.6) is 5.75 Å². The number of aryl methyl sites for hydroxylation is 1. The second kappa shape index (κ2) is 5.55. The van der Waals surface area contributed by atoms with Gasteiger partial charge in [-0.15, -0.1) is 0 Å². The van der Waals surface area contributed by atoms with Gasteiger partial charge in [0.1, 0.15) is 12.4 Å². The van der Waals surface area contributed by atoms with Gasteiger partial charge in [0.05, 0.1) is 0 Å². The molecule has 0 atom stereocenters. The largest absolute Gasteiger partial charge is 0.492 e. The first-order chi connectivity index (χ1) is 7.75. The Bertz CT molecular complexity index is 350. The van der Waals surface area contributed by atoms with E-state index in [1.807, 2.05) is 25.1 Å². The highest BCUT2D eigenvalue weighted by Gasteiger charge is 2.19. The van der Waals surface area contributed by atoms with Crippen LogP contribution in [0.1, 0.15) is 18.4 Å². The predicted octanol–water partition coefficient (Wildman–Crippen LogP) is 3.03. The molecule has 0 aliphatic heterocycles. The third-order valence-corrected chi connectivity index (χ3v) is 3.05. The zero-order chi connectivity index (χ0) is 11.4. The lowest BCUT2D eigenvalue weighted by atomic mass is 10.2. The minimum atomic E-state index is 0.702. The highest BCUT2D eigenvalue weighted by Crippen LogP contribution is 2.27. The first-order valence-electron chi connectivity index (χ1n) is 5.85. The van der Waals surface area contributed by atoms with E-state index in [0.29, 0.717) is 6.61 Å². The molecule has 2 nitrogen and oxygen atoms in total. The topological polar surface area (TPSA) is 21.3 Å². The molecule has 0 saturated heterocycles. The number of ether oxygens (including phenoxy) is 1. The molecule has 0 unspecified atom stereocenters. The zero-order valence-corrected chi connectivity index (χ0v) is 10.4. The van der Waals surface area contributed by atoms with Crippen molar-refractivity contribution in [2.75, 3.05) is 19.7 Å². The van der Waals surface area contributed by atoms with Crippen LogP contribution in [0.4, 0.5) is 0 Å². The Morgan fingerprint density at radius 3 is 3.00 bits per heavy atom. The van der Waals surface area contributed by atoms with E-state index < -0.39 is 0 Å². The lowest BCUT2D eigenvalue weighted by molar-refractivity contribution is 0.311. The van der Waals surface area contributed by atoms with Gasteiger partial charge in [-0.3, -0.25) is 0 Å². The Labute approximate surface area is 102 Å². The van der Waals surface area contributed by atoms with Gasteiger partial charge < -0.3 is 10.1 Å². The van der Waals surface area contributed by atoms with Crippen molar-refractivity contribution in [2.45, 2.75) is 19.8 Å². The molecule has 0 radical (unpaired) electrons. The van der Waals surface area contributed by atoms with Gasteiger partial charge in [-0.25, -0.2) is 0 Å². The molecular weight excluding hydrogens is 222 g/mol. The van der Waals surface area contributed by atoms with E-state index in [-0.39, 0.29) is 0 Å². The summed E-state index contributed by atoms with van der Waals surface area (Å²) in [6, 6.07) is 5.74. The lowest BCUT2D eigenvalue weighted by Gasteiger charge is -2.09. The minimum absolute atomic E-state index is 0.702. The first kappa shape index (κ1) is 11.7. The van der Waals surface area contributed by atoms with Gasteiger partial charge in [-0.2, -0.15) is 0 Å². The van der Waals surface area contributed by atoms with E-state index in [0.717, 1.165) is 35.3 Å². The molecule has 1 aromatic carbocycles. The summed E-state index contributed by atoms with van der Waals surface area (Å²) in [5.74, 6) is 1.81. The summed E-state index contributed by atoms with van der Waals surface area (Å²) in [4.78, 5) is 0. The van der Waals surface area contributed by atoms with Crippen molar-refractivity contribution in [3.05, 3.63) is 28.8 Å². The molecule has 88 valence electrons. The monoisotopic (exact) mass is 239 g/mol. The Hall–Kier alpha value is -0.730. The van der Waals surface area contributed by atoms with Crippen molar-refractivity contribution < 1.29 is 4.74 Å². The van der Waals surface area contributed by atoms with Crippen LogP contribution >= 0.6 is 11.6 Å². The molecule has 1 fully saturated rings. The molecular formula is C13H18ClNO. The van der Waals surface area contributed by atoms with Crippen molar-refractivity contribution >= 4 is 11.6 Å². The highest BCUT2D eigenvalue weighted by atomic mass is 35.5. The van der Waals surface area contributed by atoms with Crippen LogP contribution < -0.4 is 10.1 Å². The van der Waals surface area contributed by atoms with Gasteiger partial charge >= 0.3 is 0 Å². The molecule has 1 aromatic rings. The summed E-state index contributed by atoms with van der Waals surface area (Å²) in [5.41, 5.74) is 1.13. The third-order valence-electron chi connectivity index (χ3n) is 2.82. The SMILES string of the molecule is Cc1ccc(Cl)cc1OCCNCC1CC1. The van der Waals surface area contributed by atoms with Gasteiger partial charge in [0, 0.05) is 11.6 Å². The Morgan fingerprint density at radius 2 is 2.25 bits per heavy atom. The number of hydrogen-bond donors (Lipinski definition) is 1. The number of nitrogens with one attached hydrogen (secondary N) is 1. The van der Waals surface area contributed by atoms with E-state index in [1.54, 1.807) is 0 Å². The fraction of sp³-hybridized carbons (Fsp3) is 0.538. The van der Waals surface area contributed by atoms with Crippen molar-refractivity contribution in [1.29, 1.82) is 0 Å². The lowest BCUT2D eigenvalue weighted by Crippen LogP contribution is -2.23. The van der Waals surface area contributed by atoms with Gasteiger partial charge in [-0.1, -0.05) is 17.7 Å². The zero-order valence-electron chi connectivity index (χ0n) is 9.63. The molecule has 0 bridgehead atoms. The van der Waals surface area contributed by atoms with E-state index >= 15 is 0 Å². The highest BCUT2D eigenvalue weighted by molar-refractivity contribution is 6.30. The van der Waals surface area contributed by atoms with Crippen LogP contribution in [0.3, 0.4) is 0 Å². The van der Waals surface area contributed by atoms with Crippen molar-refractivity contribution in [3.63, 3.8) is 0 Å². The third kappa shape index (κ3) is 3.69. The summed E-state index contributed by atoms with van der Waals surface area (Å²) >= 11 is 5.91. The minimum Gasteiger partial charge on any atom is -0.492 e. The second-order valence-corrected chi connectivity index (χ2v) is 4.84. The number of rotatable bonds is 6. The normalized spacial score (nSPS) is 15.1. The fourth-order valence-electron chi connectivity index (χ4n) is 1.59. The molecule has 0 aromatic heterocycles. The molecule has 1 aliphatic rings. The van der Waals surface area contributed by atoms with Gasteiger partial charge in [0.25, 0.3) is 0 Å². The maximum absolute atomic E-state index is 5.91. The fourth-order valence-corrected chi connectivity index (χ4v) is 1.75. The van der Waals surface area contributed by atoms with E-state index in [9.17, 15) is 0 Å². The summed E-state index contributed by atoms with van der Waals surface area (Å²) in [6.07, 6.45) is 2.78. The second-order valence-electron chi connectivity index (χ2n) is 4.41. The van der Waals surface area contributed by atoms with E-state index in [2.05, 4.69) is 5.32 Å². The maximum atomic E-state index is 5.91. The molecule has 3 heteroatoms. The number of hydrogen-bond acceptors (Lipinski definition) is 2. The Kier molecular flexibility index (Phi) is 4.08. The van der Waals surface area contributed by atoms with Crippen molar-refractivity contribution in [1.82, 2.24) is 5.32 Å². The van der Waals surface area contributed by atoms with Crippen LogP contribution in [0.15, 0.2) is 18.2 Å². The van der Waals surface area contributed by atoms with Crippen LogP contribution in [0, 0.1) is 12.8 Å². The maximum Gasteiger partial charge on any atom is 0.123 e. The molecule has 0 heterocycles. The van der Waals surface area contributed by atoms with Crippen LogP contribution in [0.25, 0.3) is 0 Å². The smallest absolute Gasteiger partial charge is 0.123 e. The predicted molar refractivity (Wildman–Crippen MR) is 67.3 cm³/mol. The van der Waals surface area contributed by atoms with Gasteiger partial charge in [0.2, 0.25) is 0 Å². The van der Waals surface area contributed by atoms with E-state index in [4.69, 9.17) is 16.3 Å². The summed E-state index contributed by atoms with van der Waals surface area (Å²) in [7, 11) is 0. The summed E-state index contributed by atoms with van der Waals surface area (Å²) in [6.45, 7) is 4.78. The quantitative estimate of drug-likeness (QED) is 0.771. The summed E-state index contributed by atoms with van der Waals surface area (Å²) < 4.78 is 5.67. The Balaban J connectivity index is 1.69. The molecule has 0 amide bonds. The molecule has 2 rings (SSSR count).